The highest BCUT2D eigenvalue weighted by Crippen LogP contribution is 2.45. The van der Waals surface area contributed by atoms with Gasteiger partial charge in [0.05, 0.1) is 5.60 Å². The average Bonchev–Trinajstić information content (AvgIpc) is 3.21. The lowest BCUT2D eigenvalue weighted by molar-refractivity contribution is -0.0891. The fourth-order valence-corrected chi connectivity index (χ4v) is 6.96. The average molecular weight is 482 g/mol. The second-order valence-electron chi connectivity index (χ2n) is 10.9. The first kappa shape index (κ1) is 23.3. The number of carbonyl (C=O) groups excluding carboxylic acids is 1. The third-order valence-corrected chi connectivity index (χ3v) is 8.59. The summed E-state index contributed by atoms with van der Waals surface area (Å²) in [5.41, 5.74) is 5.58. The van der Waals surface area contributed by atoms with Crippen LogP contribution in [-0.2, 0) is 11.2 Å². The Hall–Kier alpha value is -3.11. The molecule has 186 valence electrons. The van der Waals surface area contributed by atoms with Gasteiger partial charge in [0.15, 0.2) is 0 Å². The predicted molar refractivity (Wildman–Crippen MR) is 142 cm³/mol. The Morgan fingerprint density at radius 1 is 0.861 bits per heavy atom. The summed E-state index contributed by atoms with van der Waals surface area (Å²) in [4.78, 5) is 15.4. The molecule has 1 N–H and O–H groups in total. The van der Waals surface area contributed by atoms with Crippen LogP contribution in [0, 0.1) is 0 Å². The molecule has 0 spiro atoms. The van der Waals surface area contributed by atoms with Gasteiger partial charge in [-0.2, -0.15) is 0 Å². The quantitative estimate of drug-likeness (QED) is 0.426. The minimum Gasteiger partial charge on any atom is -0.448 e. The number of amides is 1. The molecular formula is C32H35NO3. The molecular weight excluding hydrogens is 446 g/mol. The van der Waals surface area contributed by atoms with Crippen molar-refractivity contribution in [1.82, 2.24) is 4.90 Å². The third-order valence-electron chi connectivity index (χ3n) is 8.59. The van der Waals surface area contributed by atoms with Crippen LogP contribution in [0.5, 0.6) is 0 Å². The van der Waals surface area contributed by atoms with Crippen LogP contribution in [0.4, 0.5) is 4.79 Å². The van der Waals surface area contributed by atoms with E-state index in [-0.39, 0.29) is 24.1 Å². The number of aliphatic hydroxyl groups is 1. The molecule has 2 aliphatic heterocycles. The highest BCUT2D eigenvalue weighted by Gasteiger charge is 2.47. The normalized spacial score (nSPS) is 24.8. The molecule has 1 aliphatic carbocycles. The summed E-state index contributed by atoms with van der Waals surface area (Å²) in [6.45, 7) is 0.351. The summed E-state index contributed by atoms with van der Waals surface area (Å²) >= 11 is 0. The highest BCUT2D eigenvalue weighted by atomic mass is 16.6. The highest BCUT2D eigenvalue weighted by molar-refractivity contribution is 5.79. The van der Waals surface area contributed by atoms with Crippen LogP contribution in [0.25, 0.3) is 11.1 Å². The van der Waals surface area contributed by atoms with E-state index >= 15 is 0 Å². The topological polar surface area (TPSA) is 49.8 Å². The van der Waals surface area contributed by atoms with Crippen molar-refractivity contribution in [2.75, 3.05) is 6.61 Å². The van der Waals surface area contributed by atoms with Gasteiger partial charge in [0.2, 0.25) is 0 Å². The monoisotopic (exact) mass is 481 g/mol. The maximum Gasteiger partial charge on any atom is 0.410 e. The van der Waals surface area contributed by atoms with Gasteiger partial charge in [0, 0.05) is 18.0 Å². The fourth-order valence-electron chi connectivity index (χ4n) is 6.96. The molecule has 2 heterocycles. The number of aryl methyl sites for hydroxylation is 1. The zero-order valence-corrected chi connectivity index (χ0v) is 20.8. The lowest BCUT2D eigenvalue weighted by atomic mass is 9.73. The number of benzene rings is 3. The van der Waals surface area contributed by atoms with Crippen molar-refractivity contribution in [3.05, 3.63) is 95.6 Å². The zero-order valence-electron chi connectivity index (χ0n) is 20.8. The maximum absolute atomic E-state index is 13.4. The number of rotatable bonds is 6. The Balaban J connectivity index is 1.11. The van der Waals surface area contributed by atoms with Gasteiger partial charge >= 0.3 is 6.09 Å². The minimum absolute atomic E-state index is 0.0647. The Labute approximate surface area is 213 Å². The van der Waals surface area contributed by atoms with Crippen LogP contribution >= 0.6 is 0 Å². The smallest absolute Gasteiger partial charge is 0.410 e. The van der Waals surface area contributed by atoms with E-state index in [0.717, 1.165) is 38.5 Å². The number of nitrogens with zero attached hydrogens (tertiary/aromatic N) is 1. The molecule has 3 aromatic rings. The lowest BCUT2D eigenvalue weighted by Crippen LogP contribution is -2.60. The second-order valence-corrected chi connectivity index (χ2v) is 10.9. The van der Waals surface area contributed by atoms with Crippen molar-refractivity contribution in [1.29, 1.82) is 0 Å². The van der Waals surface area contributed by atoms with Gasteiger partial charge in [0.1, 0.15) is 6.61 Å². The minimum atomic E-state index is -0.690. The van der Waals surface area contributed by atoms with E-state index in [4.69, 9.17) is 4.74 Å². The molecule has 0 saturated carbocycles. The molecule has 0 aromatic heterocycles. The second kappa shape index (κ2) is 9.74. The van der Waals surface area contributed by atoms with Crippen LogP contribution in [0.2, 0.25) is 0 Å². The van der Waals surface area contributed by atoms with E-state index in [1.54, 1.807) is 0 Å². The van der Waals surface area contributed by atoms with E-state index in [2.05, 4.69) is 72.8 Å². The molecule has 3 aliphatic rings. The van der Waals surface area contributed by atoms with Crippen LogP contribution in [0.3, 0.4) is 0 Å². The Morgan fingerprint density at radius 2 is 1.44 bits per heavy atom. The number of hydrogen-bond donors (Lipinski definition) is 1. The van der Waals surface area contributed by atoms with Crippen molar-refractivity contribution in [2.45, 2.75) is 75.0 Å². The molecule has 4 nitrogen and oxygen atoms in total. The van der Waals surface area contributed by atoms with Gasteiger partial charge in [-0.05, 0) is 79.2 Å². The molecule has 2 bridgehead atoms. The zero-order chi connectivity index (χ0) is 24.5. The number of hydrogen-bond acceptors (Lipinski definition) is 3. The van der Waals surface area contributed by atoms with Crippen molar-refractivity contribution >= 4 is 6.09 Å². The summed E-state index contributed by atoms with van der Waals surface area (Å²) in [6, 6.07) is 27.5. The molecule has 2 atom stereocenters. The Bertz CT molecular complexity index is 1160. The van der Waals surface area contributed by atoms with Crippen LogP contribution in [0.1, 0.15) is 67.6 Å². The molecule has 2 saturated heterocycles. The van der Waals surface area contributed by atoms with Crippen molar-refractivity contribution in [2.24, 2.45) is 0 Å². The van der Waals surface area contributed by atoms with Gasteiger partial charge in [-0.1, -0.05) is 78.9 Å². The molecule has 4 heteroatoms. The van der Waals surface area contributed by atoms with Gasteiger partial charge in [-0.25, -0.2) is 4.79 Å². The molecule has 2 fully saturated rings. The van der Waals surface area contributed by atoms with E-state index in [0.29, 0.717) is 19.4 Å². The van der Waals surface area contributed by atoms with E-state index in [9.17, 15) is 9.90 Å². The first-order chi connectivity index (χ1) is 17.6. The molecule has 36 heavy (non-hydrogen) atoms. The SMILES string of the molecule is O=C(OCC1c2ccccc2-c2ccccc21)N1C2CCCC1CC(O)(CCCc1ccccc1)C2. The Kier molecular flexibility index (Phi) is 6.30. The maximum atomic E-state index is 13.4. The first-order valence-corrected chi connectivity index (χ1v) is 13.5. The third kappa shape index (κ3) is 4.43. The number of ether oxygens (including phenoxy) is 1. The van der Waals surface area contributed by atoms with E-state index in [1.807, 2.05) is 11.0 Å². The van der Waals surface area contributed by atoms with Gasteiger partial charge in [-0.15, -0.1) is 0 Å². The number of piperidine rings is 2. The van der Waals surface area contributed by atoms with Crippen molar-refractivity contribution in [3.63, 3.8) is 0 Å². The summed E-state index contributed by atoms with van der Waals surface area (Å²) < 4.78 is 6.03. The lowest BCUT2D eigenvalue weighted by Gasteiger charge is -2.51. The van der Waals surface area contributed by atoms with Crippen LogP contribution < -0.4 is 0 Å². The number of fused-ring (bicyclic) bond motifs is 5. The fraction of sp³-hybridized carbons (Fsp3) is 0.406. The van der Waals surface area contributed by atoms with Crippen LogP contribution in [-0.4, -0.2) is 40.4 Å². The summed E-state index contributed by atoms with van der Waals surface area (Å²) in [5, 5.41) is 11.5. The largest absolute Gasteiger partial charge is 0.448 e. The molecule has 2 unspecified atom stereocenters. The molecule has 3 aromatic carbocycles. The Morgan fingerprint density at radius 3 is 2.08 bits per heavy atom. The van der Waals surface area contributed by atoms with E-state index in [1.165, 1.54) is 27.8 Å². The van der Waals surface area contributed by atoms with Crippen molar-refractivity contribution < 1.29 is 14.6 Å². The van der Waals surface area contributed by atoms with Gasteiger partial charge in [0.25, 0.3) is 0 Å². The first-order valence-electron chi connectivity index (χ1n) is 13.5. The van der Waals surface area contributed by atoms with Crippen molar-refractivity contribution in [3.8, 4) is 11.1 Å². The van der Waals surface area contributed by atoms with Gasteiger partial charge in [-0.3, -0.25) is 0 Å². The predicted octanol–water partition coefficient (Wildman–Crippen LogP) is 6.71. The van der Waals surface area contributed by atoms with E-state index < -0.39 is 5.60 Å². The number of carbonyl (C=O) groups is 1. The standard InChI is InChI=1S/C32H35NO3/c34-31(36-22-30-28-17-6-4-15-26(28)27-16-5-7-18-29(27)30)33-24-13-8-14-25(33)21-32(35,20-24)19-9-12-23-10-2-1-3-11-23/h1-7,10-11,15-18,24-25,30,35H,8-9,12-14,19-22H2. The summed E-state index contributed by atoms with van der Waals surface area (Å²) in [6.07, 6.45) is 6.84. The van der Waals surface area contributed by atoms with Gasteiger partial charge < -0.3 is 14.7 Å². The summed E-state index contributed by atoms with van der Waals surface area (Å²) in [5.74, 6) is 0.0703. The molecule has 0 radical (unpaired) electrons. The molecule has 1 amide bonds. The molecule has 6 rings (SSSR count). The summed E-state index contributed by atoms with van der Waals surface area (Å²) in [7, 11) is 0. The van der Waals surface area contributed by atoms with Crippen LogP contribution in [0.15, 0.2) is 78.9 Å².